The van der Waals surface area contributed by atoms with Crippen molar-refractivity contribution in [2.45, 2.75) is 32.7 Å². The Labute approximate surface area is 123 Å². The maximum atomic E-state index is 11.3. The van der Waals surface area contributed by atoms with Crippen LogP contribution in [0.1, 0.15) is 42.5 Å². The van der Waals surface area contributed by atoms with Crippen molar-refractivity contribution in [2.24, 2.45) is 0 Å². The molecule has 0 amide bonds. The molecule has 0 atom stereocenters. The van der Waals surface area contributed by atoms with Crippen LogP contribution in [0.25, 0.3) is 0 Å². The Morgan fingerprint density at radius 1 is 1.48 bits per heavy atom. The van der Waals surface area contributed by atoms with Crippen LogP contribution in [0.5, 0.6) is 0 Å². The van der Waals surface area contributed by atoms with Gasteiger partial charge in [-0.25, -0.2) is 14.8 Å². The van der Waals surface area contributed by atoms with E-state index in [4.69, 9.17) is 0 Å². The van der Waals surface area contributed by atoms with Crippen molar-refractivity contribution in [1.29, 1.82) is 0 Å². The Morgan fingerprint density at radius 3 is 2.90 bits per heavy atom. The first kappa shape index (κ1) is 15.0. The zero-order valence-corrected chi connectivity index (χ0v) is 12.2. The lowest BCUT2D eigenvalue weighted by atomic mass is 10.2. The number of aromatic carboxylic acids is 1. The van der Waals surface area contributed by atoms with E-state index in [9.17, 15) is 9.90 Å². The predicted molar refractivity (Wildman–Crippen MR) is 78.4 cm³/mol. The number of hydrogen-bond acceptors (Lipinski definition) is 5. The number of aryl methyl sites for hydroxylation is 1. The molecular formula is C14H19N5O2. The average molecular weight is 289 g/mol. The molecule has 0 saturated carbocycles. The summed E-state index contributed by atoms with van der Waals surface area (Å²) in [6.45, 7) is 5.26. The van der Waals surface area contributed by atoms with Gasteiger partial charge in [-0.3, -0.25) is 4.68 Å². The van der Waals surface area contributed by atoms with E-state index in [1.807, 2.05) is 30.8 Å². The Balaban J connectivity index is 1.97. The molecule has 0 radical (unpaired) electrons. The van der Waals surface area contributed by atoms with Crippen LogP contribution in [-0.2, 0) is 6.54 Å². The number of hydrogen-bond donors (Lipinski definition) is 2. The van der Waals surface area contributed by atoms with Gasteiger partial charge in [0.25, 0.3) is 0 Å². The molecule has 0 saturated heterocycles. The minimum absolute atomic E-state index is 0.0211. The highest BCUT2D eigenvalue weighted by atomic mass is 16.4. The first-order valence-electron chi connectivity index (χ1n) is 6.89. The van der Waals surface area contributed by atoms with Gasteiger partial charge in [0.05, 0.1) is 11.9 Å². The third kappa shape index (κ3) is 4.01. The fourth-order valence-electron chi connectivity index (χ4n) is 1.86. The van der Waals surface area contributed by atoms with Crippen LogP contribution in [0.4, 0.5) is 5.69 Å². The Hall–Kier alpha value is -2.44. The molecule has 0 fully saturated rings. The number of carboxylic acids is 1. The maximum Gasteiger partial charge on any atom is 0.356 e. The first-order chi connectivity index (χ1) is 10.1. The van der Waals surface area contributed by atoms with Crippen LogP contribution >= 0.6 is 0 Å². The largest absolute Gasteiger partial charge is 0.476 e. The highest BCUT2D eigenvalue weighted by molar-refractivity contribution is 5.91. The molecular weight excluding hydrogens is 270 g/mol. The summed E-state index contributed by atoms with van der Waals surface area (Å²) in [7, 11) is 0. The van der Waals surface area contributed by atoms with Crippen LogP contribution in [-0.4, -0.2) is 37.4 Å². The Kier molecular flexibility index (Phi) is 4.86. The summed E-state index contributed by atoms with van der Waals surface area (Å²) < 4.78 is 1.83. The number of anilines is 1. The molecule has 0 aliphatic rings. The fourth-order valence-corrected chi connectivity index (χ4v) is 1.86. The minimum Gasteiger partial charge on any atom is -0.476 e. The van der Waals surface area contributed by atoms with Gasteiger partial charge in [0, 0.05) is 31.4 Å². The molecule has 112 valence electrons. The van der Waals surface area contributed by atoms with Crippen LogP contribution in [0.3, 0.4) is 0 Å². The van der Waals surface area contributed by atoms with Gasteiger partial charge in [-0.1, -0.05) is 13.8 Å². The normalized spacial score (nSPS) is 10.8. The van der Waals surface area contributed by atoms with Gasteiger partial charge >= 0.3 is 5.97 Å². The Bertz CT molecular complexity index is 595. The zero-order valence-electron chi connectivity index (χ0n) is 12.2. The second kappa shape index (κ2) is 6.83. The standard InChI is InChI=1S/C14H19N5O2/c1-10(2)13-16-9-11(12(18-13)14(20)21)15-5-3-7-19-8-4-6-17-19/h4,6,8-10,15H,3,5,7H2,1-2H3,(H,20,21). The SMILES string of the molecule is CC(C)c1ncc(NCCCn2cccn2)c(C(=O)O)n1. The van der Waals surface area contributed by atoms with E-state index in [1.165, 1.54) is 0 Å². The van der Waals surface area contributed by atoms with Crippen LogP contribution < -0.4 is 5.32 Å². The van der Waals surface area contributed by atoms with Crippen molar-refractivity contribution >= 4 is 11.7 Å². The molecule has 2 heterocycles. The molecule has 0 aliphatic carbocycles. The van der Waals surface area contributed by atoms with Gasteiger partial charge in [-0.15, -0.1) is 0 Å². The van der Waals surface area contributed by atoms with Gasteiger partial charge in [0.2, 0.25) is 0 Å². The summed E-state index contributed by atoms with van der Waals surface area (Å²) in [5.41, 5.74) is 0.472. The Morgan fingerprint density at radius 2 is 2.29 bits per heavy atom. The average Bonchev–Trinajstić information content (AvgIpc) is 2.96. The van der Waals surface area contributed by atoms with Crippen LogP contribution in [0.2, 0.25) is 0 Å². The molecule has 2 aromatic heterocycles. The fraction of sp³-hybridized carbons (Fsp3) is 0.429. The summed E-state index contributed by atoms with van der Waals surface area (Å²) >= 11 is 0. The highest BCUT2D eigenvalue weighted by Crippen LogP contribution is 2.16. The third-order valence-electron chi connectivity index (χ3n) is 2.96. The van der Waals surface area contributed by atoms with Crippen molar-refractivity contribution < 1.29 is 9.90 Å². The van der Waals surface area contributed by atoms with E-state index in [-0.39, 0.29) is 11.6 Å². The number of nitrogens with zero attached hydrogens (tertiary/aromatic N) is 4. The molecule has 0 spiro atoms. The van der Waals surface area contributed by atoms with Gasteiger partial charge in [-0.2, -0.15) is 5.10 Å². The number of nitrogens with one attached hydrogen (secondary N) is 1. The number of carboxylic acid groups (broad SMARTS) is 1. The van der Waals surface area contributed by atoms with E-state index in [0.717, 1.165) is 13.0 Å². The highest BCUT2D eigenvalue weighted by Gasteiger charge is 2.15. The molecule has 21 heavy (non-hydrogen) atoms. The summed E-state index contributed by atoms with van der Waals surface area (Å²) in [4.78, 5) is 19.6. The summed E-state index contributed by atoms with van der Waals surface area (Å²) in [6, 6.07) is 1.87. The predicted octanol–water partition coefficient (Wildman–Crippen LogP) is 2.00. The van der Waals surface area contributed by atoms with E-state index < -0.39 is 5.97 Å². The molecule has 7 nitrogen and oxygen atoms in total. The van der Waals surface area contributed by atoms with Crippen LogP contribution in [0.15, 0.2) is 24.7 Å². The maximum absolute atomic E-state index is 11.3. The summed E-state index contributed by atoms with van der Waals surface area (Å²) in [6.07, 6.45) is 5.99. The molecule has 2 N–H and O–H groups in total. The lowest BCUT2D eigenvalue weighted by molar-refractivity contribution is 0.0691. The van der Waals surface area contributed by atoms with Gasteiger partial charge in [-0.05, 0) is 12.5 Å². The van der Waals surface area contributed by atoms with E-state index in [0.29, 0.717) is 18.1 Å². The smallest absolute Gasteiger partial charge is 0.356 e. The van der Waals surface area contributed by atoms with Gasteiger partial charge in [0.15, 0.2) is 5.69 Å². The quantitative estimate of drug-likeness (QED) is 0.757. The van der Waals surface area contributed by atoms with Gasteiger partial charge < -0.3 is 10.4 Å². The molecule has 0 bridgehead atoms. The molecule has 7 heteroatoms. The van der Waals surface area contributed by atoms with Crippen molar-refractivity contribution in [1.82, 2.24) is 19.7 Å². The topological polar surface area (TPSA) is 92.9 Å². The van der Waals surface area contributed by atoms with Crippen molar-refractivity contribution in [2.75, 3.05) is 11.9 Å². The van der Waals surface area contributed by atoms with Gasteiger partial charge in [0.1, 0.15) is 5.82 Å². The molecule has 0 aliphatic heterocycles. The lowest BCUT2D eigenvalue weighted by Crippen LogP contribution is -2.14. The molecule has 2 rings (SSSR count). The third-order valence-corrected chi connectivity index (χ3v) is 2.96. The zero-order chi connectivity index (χ0) is 15.2. The number of rotatable bonds is 7. The number of aromatic nitrogens is 4. The van der Waals surface area contributed by atoms with E-state index in [2.05, 4.69) is 20.4 Å². The number of carbonyl (C=O) groups is 1. The minimum atomic E-state index is -1.05. The monoisotopic (exact) mass is 289 g/mol. The van der Waals surface area contributed by atoms with Crippen molar-refractivity contribution in [3.05, 3.63) is 36.2 Å². The van der Waals surface area contributed by atoms with Crippen molar-refractivity contribution in [3.8, 4) is 0 Å². The van der Waals surface area contributed by atoms with Crippen molar-refractivity contribution in [3.63, 3.8) is 0 Å². The second-order valence-electron chi connectivity index (χ2n) is 5.00. The van der Waals surface area contributed by atoms with E-state index >= 15 is 0 Å². The first-order valence-corrected chi connectivity index (χ1v) is 6.89. The lowest BCUT2D eigenvalue weighted by Gasteiger charge is -2.11. The van der Waals surface area contributed by atoms with Crippen LogP contribution in [0, 0.1) is 0 Å². The summed E-state index contributed by atoms with van der Waals surface area (Å²) in [5.74, 6) is -0.416. The molecule has 2 aromatic rings. The van der Waals surface area contributed by atoms with E-state index in [1.54, 1.807) is 12.4 Å². The second-order valence-corrected chi connectivity index (χ2v) is 5.00. The summed E-state index contributed by atoms with van der Waals surface area (Å²) in [5, 5.41) is 16.4. The molecule has 0 aromatic carbocycles. The molecule has 0 unspecified atom stereocenters.